The highest BCUT2D eigenvalue weighted by Gasteiger charge is 2.08. The number of rotatable bonds is 5. The smallest absolute Gasteiger partial charge is 0.219 e. The number of aromatic nitrogens is 1. The number of nitrogens with one attached hydrogen (secondary N) is 1. The summed E-state index contributed by atoms with van der Waals surface area (Å²) in [6, 6.07) is 9.73. The number of aryl methyl sites for hydroxylation is 1. The highest BCUT2D eigenvalue weighted by atomic mass is 35.5. The Morgan fingerprint density at radius 1 is 1.24 bits per heavy atom. The zero-order chi connectivity index (χ0) is 15.4. The molecule has 2 aromatic rings. The van der Waals surface area contributed by atoms with Crippen LogP contribution >= 0.6 is 11.6 Å². The lowest BCUT2D eigenvalue weighted by Crippen LogP contribution is -2.07. The first-order valence-electron chi connectivity index (χ1n) is 7.09. The molecule has 1 aromatic heterocycles. The van der Waals surface area contributed by atoms with Crippen LogP contribution in [0.2, 0.25) is 5.02 Å². The zero-order valence-electron chi connectivity index (χ0n) is 12.9. The molecule has 0 aliphatic rings. The molecule has 0 unspecified atom stereocenters. The van der Waals surface area contributed by atoms with E-state index in [2.05, 4.69) is 37.1 Å². The fourth-order valence-electron chi connectivity index (χ4n) is 2.29. The number of hydrogen-bond donors (Lipinski definition) is 1. The van der Waals surface area contributed by atoms with Gasteiger partial charge in [0.15, 0.2) is 0 Å². The van der Waals surface area contributed by atoms with E-state index in [4.69, 9.17) is 16.3 Å². The van der Waals surface area contributed by atoms with Gasteiger partial charge in [-0.1, -0.05) is 31.5 Å². The number of ether oxygens (including phenoxy) is 1. The Morgan fingerprint density at radius 2 is 2.00 bits per heavy atom. The Labute approximate surface area is 131 Å². The second-order valence-corrected chi connectivity index (χ2v) is 5.79. The van der Waals surface area contributed by atoms with Gasteiger partial charge in [-0.2, -0.15) is 0 Å². The summed E-state index contributed by atoms with van der Waals surface area (Å²) in [6.07, 6.45) is 0. The third-order valence-corrected chi connectivity index (χ3v) is 3.67. The summed E-state index contributed by atoms with van der Waals surface area (Å²) in [4.78, 5) is 4.43. The molecular formula is C17H21ClN2O. The molecule has 0 fully saturated rings. The van der Waals surface area contributed by atoms with Gasteiger partial charge in [0.25, 0.3) is 0 Å². The van der Waals surface area contributed by atoms with Gasteiger partial charge in [-0.15, -0.1) is 0 Å². The molecule has 21 heavy (non-hydrogen) atoms. The van der Waals surface area contributed by atoms with Crippen LogP contribution in [0.4, 0.5) is 0 Å². The molecule has 0 saturated heterocycles. The standard InChI is InChI=1S/C17H21ClN2O/c1-11(2)14-6-5-13(9-12(14)3)21-17-8-7-15(18)16(20-17)10-19-4/h5-9,11,19H,10H2,1-4H3. The summed E-state index contributed by atoms with van der Waals surface area (Å²) >= 11 is 6.10. The molecule has 0 amide bonds. The van der Waals surface area contributed by atoms with Gasteiger partial charge in [-0.25, -0.2) is 4.98 Å². The van der Waals surface area contributed by atoms with Gasteiger partial charge in [-0.05, 0) is 49.2 Å². The molecule has 0 saturated carbocycles. The molecule has 0 spiro atoms. The van der Waals surface area contributed by atoms with Gasteiger partial charge in [0, 0.05) is 12.6 Å². The van der Waals surface area contributed by atoms with Gasteiger partial charge >= 0.3 is 0 Å². The van der Waals surface area contributed by atoms with Crippen LogP contribution in [0, 0.1) is 6.92 Å². The predicted molar refractivity (Wildman–Crippen MR) is 87.4 cm³/mol. The van der Waals surface area contributed by atoms with Crippen molar-refractivity contribution >= 4 is 11.6 Å². The van der Waals surface area contributed by atoms with E-state index in [0.717, 1.165) is 11.4 Å². The van der Waals surface area contributed by atoms with Crippen molar-refractivity contribution in [2.75, 3.05) is 7.05 Å². The van der Waals surface area contributed by atoms with E-state index in [9.17, 15) is 0 Å². The van der Waals surface area contributed by atoms with E-state index in [1.54, 1.807) is 6.07 Å². The Bertz CT molecular complexity index is 626. The topological polar surface area (TPSA) is 34.2 Å². The minimum Gasteiger partial charge on any atom is -0.439 e. The number of nitrogens with zero attached hydrogens (tertiary/aromatic N) is 1. The summed E-state index contributed by atoms with van der Waals surface area (Å²) in [5.74, 6) is 1.86. The van der Waals surface area contributed by atoms with Gasteiger partial charge in [0.2, 0.25) is 5.88 Å². The Balaban J connectivity index is 2.22. The van der Waals surface area contributed by atoms with Crippen LogP contribution in [0.15, 0.2) is 30.3 Å². The minimum absolute atomic E-state index is 0.509. The lowest BCUT2D eigenvalue weighted by molar-refractivity contribution is 0.459. The van der Waals surface area contributed by atoms with Crippen LogP contribution in [0.3, 0.4) is 0 Å². The van der Waals surface area contributed by atoms with Crippen molar-refractivity contribution in [3.05, 3.63) is 52.2 Å². The highest BCUT2D eigenvalue weighted by Crippen LogP contribution is 2.27. The number of benzene rings is 1. The Kier molecular flexibility index (Phi) is 5.21. The molecule has 2 rings (SSSR count). The fraction of sp³-hybridized carbons (Fsp3) is 0.353. The third-order valence-electron chi connectivity index (χ3n) is 3.32. The molecule has 1 aromatic carbocycles. The van der Waals surface area contributed by atoms with Crippen LogP contribution in [0.5, 0.6) is 11.6 Å². The van der Waals surface area contributed by atoms with Crippen LogP contribution in [-0.4, -0.2) is 12.0 Å². The lowest BCUT2D eigenvalue weighted by Gasteiger charge is -2.12. The quantitative estimate of drug-likeness (QED) is 0.871. The molecule has 1 N–H and O–H groups in total. The van der Waals surface area contributed by atoms with Gasteiger partial charge < -0.3 is 10.1 Å². The number of pyridine rings is 1. The molecule has 0 bridgehead atoms. The normalized spacial score (nSPS) is 11.0. The van der Waals surface area contributed by atoms with E-state index in [0.29, 0.717) is 23.4 Å². The summed E-state index contributed by atoms with van der Waals surface area (Å²) in [7, 11) is 1.86. The second kappa shape index (κ2) is 6.92. The summed E-state index contributed by atoms with van der Waals surface area (Å²) in [5, 5.41) is 3.68. The van der Waals surface area contributed by atoms with Crippen molar-refractivity contribution in [1.82, 2.24) is 10.3 Å². The first-order chi connectivity index (χ1) is 10.0. The maximum atomic E-state index is 6.10. The lowest BCUT2D eigenvalue weighted by atomic mass is 9.98. The van der Waals surface area contributed by atoms with E-state index >= 15 is 0 Å². The Hall–Kier alpha value is -1.58. The van der Waals surface area contributed by atoms with Crippen LogP contribution < -0.4 is 10.1 Å². The van der Waals surface area contributed by atoms with Crippen molar-refractivity contribution in [3.63, 3.8) is 0 Å². The van der Waals surface area contributed by atoms with Gasteiger partial charge in [0.05, 0.1) is 10.7 Å². The summed E-state index contributed by atoms with van der Waals surface area (Å²) < 4.78 is 5.84. The largest absolute Gasteiger partial charge is 0.439 e. The van der Waals surface area contributed by atoms with E-state index in [-0.39, 0.29) is 0 Å². The summed E-state index contributed by atoms with van der Waals surface area (Å²) in [6.45, 7) is 7.09. The van der Waals surface area contributed by atoms with Crippen molar-refractivity contribution in [2.45, 2.75) is 33.2 Å². The van der Waals surface area contributed by atoms with Crippen molar-refractivity contribution < 1.29 is 4.74 Å². The number of halogens is 1. The molecular weight excluding hydrogens is 284 g/mol. The maximum Gasteiger partial charge on any atom is 0.219 e. The molecule has 0 atom stereocenters. The zero-order valence-corrected chi connectivity index (χ0v) is 13.7. The predicted octanol–water partition coefficient (Wildman–Crippen LogP) is 4.68. The molecule has 0 radical (unpaired) electrons. The van der Waals surface area contributed by atoms with Crippen molar-refractivity contribution in [2.24, 2.45) is 0 Å². The first-order valence-corrected chi connectivity index (χ1v) is 7.47. The van der Waals surface area contributed by atoms with Crippen LogP contribution in [-0.2, 0) is 6.54 Å². The molecule has 0 aliphatic heterocycles. The van der Waals surface area contributed by atoms with E-state index in [1.807, 2.05) is 25.2 Å². The van der Waals surface area contributed by atoms with Crippen molar-refractivity contribution in [3.8, 4) is 11.6 Å². The molecule has 1 heterocycles. The monoisotopic (exact) mass is 304 g/mol. The SMILES string of the molecule is CNCc1nc(Oc2ccc(C(C)C)c(C)c2)ccc1Cl. The molecule has 4 heteroatoms. The van der Waals surface area contributed by atoms with Crippen LogP contribution in [0.1, 0.15) is 36.6 Å². The summed E-state index contributed by atoms with van der Waals surface area (Å²) in [5.41, 5.74) is 3.35. The number of hydrogen-bond acceptors (Lipinski definition) is 3. The molecule has 0 aliphatic carbocycles. The molecule has 112 valence electrons. The first kappa shape index (κ1) is 15.8. The fourth-order valence-corrected chi connectivity index (χ4v) is 2.46. The van der Waals surface area contributed by atoms with Gasteiger partial charge in [-0.3, -0.25) is 0 Å². The average Bonchev–Trinajstić information content (AvgIpc) is 2.42. The van der Waals surface area contributed by atoms with E-state index < -0.39 is 0 Å². The Morgan fingerprint density at radius 3 is 2.62 bits per heavy atom. The third kappa shape index (κ3) is 3.96. The second-order valence-electron chi connectivity index (χ2n) is 5.38. The minimum atomic E-state index is 0.509. The van der Waals surface area contributed by atoms with E-state index in [1.165, 1.54) is 11.1 Å². The van der Waals surface area contributed by atoms with Crippen molar-refractivity contribution in [1.29, 1.82) is 0 Å². The highest BCUT2D eigenvalue weighted by molar-refractivity contribution is 6.31. The average molecular weight is 305 g/mol. The molecule has 3 nitrogen and oxygen atoms in total. The van der Waals surface area contributed by atoms with Gasteiger partial charge in [0.1, 0.15) is 5.75 Å². The van der Waals surface area contributed by atoms with Crippen LogP contribution in [0.25, 0.3) is 0 Å². The maximum absolute atomic E-state index is 6.10.